The quantitative estimate of drug-likeness (QED) is 0.196. The van der Waals surface area contributed by atoms with Crippen LogP contribution in [-0.2, 0) is 20.8 Å². The van der Waals surface area contributed by atoms with E-state index in [1.165, 1.54) is 4.90 Å². The minimum Gasteiger partial charge on any atom is -0.444 e. The van der Waals surface area contributed by atoms with Crippen LogP contribution in [0.5, 0.6) is 0 Å². The van der Waals surface area contributed by atoms with Crippen molar-refractivity contribution in [3.63, 3.8) is 0 Å². The van der Waals surface area contributed by atoms with Crippen molar-refractivity contribution in [3.05, 3.63) is 70.1 Å². The number of nitrogens with zero attached hydrogens (tertiary/aromatic N) is 7. The zero-order chi connectivity index (χ0) is 30.4. The molecule has 0 spiro atoms. The first-order chi connectivity index (χ1) is 20.0. The lowest BCUT2D eigenvalue weighted by Crippen LogP contribution is -2.52. The molecular formula is C27H31F2N7O6. The predicted octanol–water partition coefficient (Wildman–Crippen LogP) is 5.21. The minimum atomic E-state index is -0.958. The van der Waals surface area contributed by atoms with E-state index in [2.05, 4.69) is 10.0 Å². The van der Waals surface area contributed by atoms with Gasteiger partial charge in [0.15, 0.2) is 11.6 Å². The number of benzene rings is 2. The minimum absolute atomic E-state index is 0.0462. The van der Waals surface area contributed by atoms with E-state index >= 15 is 8.78 Å². The molecule has 3 amide bonds. The van der Waals surface area contributed by atoms with E-state index in [0.29, 0.717) is 0 Å². The first kappa shape index (κ1) is 30.2. The Morgan fingerprint density at radius 2 is 1.67 bits per heavy atom. The number of anilines is 2. The van der Waals surface area contributed by atoms with E-state index in [-0.39, 0.29) is 57.3 Å². The van der Waals surface area contributed by atoms with E-state index in [4.69, 9.17) is 19.7 Å². The van der Waals surface area contributed by atoms with Crippen molar-refractivity contribution in [3.8, 4) is 0 Å². The zero-order valence-electron chi connectivity index (χ0n) is 23.4. The molecule has 42 heavy (non-hydrogen) atoms. The van der Waals surface area contributed by atoms with Crippen LogP contribution in [0.15, 0.2) is 47.6 Å². The third-order valence-electron chi connectivity index (χ3n) is 6.33. The number of azide groups is 1. The van der Waals surface area contributed by atoms with Gasteiger partial charge in [0.05, 0.1) is 31.9 Å². The first-order valence-electron chi connectivity index (χ1n) is 13.2. The number of hydrogen-bond acceptors (Lipinski definition) is 8. The van der Waals surface area contributed by atoms with Crippen LogP contribution in [0.25, 0.3) is 10.4 Å². The predicted molar refractivity (Wildman–Crippen MR) is 146 cm³/mol. The summed E-state index contributed by atoms with van der Waals surface area (Å²) < 4.78 is 46.8. The Bertz CT molecular complexity index is 1340. The summed E-state index contributed by atoms with van der Waals surface area (Å²) in [6.07, 6.45) is -3.23. The molecule has 2 saturated heterocycles. The molecule has 13 nitrogen and oxygen atoms in total. The lowest BCUT2D eigenvalue weighted by atomic mass is 10.2. The summed E-state index contributed by atoms with van der Waals surface area (Å²) in [4.78, 5) is 43.5. The van der Waals surface area contributed by atoms with Gasteiger partial charge < -0.3 is 19.1 Å². The molecular weight excluding hydrogens is 556 g/mol. The average molecular weight is 588 g/mol. The fourth-order valence-corrected chi connectivity index (χ4v) is 4.46. The molecule has 0 aromatic heterocycles. The van der Waals surface area contributed by atoms with Gasteiger partial charge in [-0.15, -0.1) is 0 Å². The van der Waals surface area contributed by atoms with Crippen LogP contribution in [-0.4, -0.2) is 79.3 Å². The van der Waals surface area contributed by atoms with Crippen LogP contribution in [0, 0.1) is 11.6 Å². The van der Waals surface area contributed by atoms with Gasteiger partial charge in [-0.25, -0.2) is 33.2 Å². The smallest absolute Gasteiger partial charge is 0.429 e. The molecule has 15 heteroatoms. The maximum Gasteiger partial charge on any atom is 0.429 e. The van der Waals surface area contributed by atoms with Gasteiger partial charge in [0.2, 0.25) is 0 Å². The Hall–Kier alpha value is -4.78. The second-order valence-electron chi connectivity index (χ2n) is 10.5. The van der Waals surface area contributed by atoms with E-state index in [0.717, 1.165) is 32.6 Å². The average Bonchev–Trinajstić information content (AvgIpc) is 3.16. The first-order valence-corrected chi connectivity index (χ1v) is 13.2. The number of rotatable bonds is 6. The number of hydrazine groups is 1. The van der Waals surface area contributed by atoms with Crippen molar-refractivity contribution >= 4 is 29.7 Å². The van der Waals surface area contributed by atoms with Gasteiger partial charge in [-0.05, 0) is 31.9 Å². The van der Waals surface area contributed by atoms with Gasteiger partial charge in [-0.1, -0.05) is 35.4 Å². The third-order valence-corrected chi connectivity index (χ3v) is 6.33. The highest BCUT2D eigenvalue weighted by molar-refractivity contribution is 5.90. The Morgan fingerprint density at radius 3 is 2.26 bits per heavy atom. The standard InChI is InChI=1S/C27H31F2N7O6/c1-27(2,3)42-26(39)36-12-10-33(9-11-35(36)25(38)40-17-18-7-5-4-6-8-18)23-21(28)13-19(14-22(23)29)34-16-20(15-31-32-30)41-24(34)37/h4-8,13-14,20H,9-12,15-17H2,1-3H3/t20-/m0/s1. The summed E-state index contributed by atoms with van der Waals surface area (Å²) in [5.41, 5.74) is 7.89. The summed E-state index contributed by atoms with van der Waals surface area (Å²) in [6.45, 7) is 4.43. The molecule has 1 atom stereocenters. The largest absolute Gasteiger partial charge is 0.444 e. The van der Waals surface area contributed by atoms with Crippen LogP contribution in [0.4, 0.5) is 34.5 Å². The monoisotopic (exact) mass is 587 g/mol. The van der Waals surface area contributed by atoms with E-state index in [1.807, 2.05) is 6.07 Å². The summed E-state index contributed by atoms with van der Waals surface area (Å²) in [5, 5.41) is 5.49. The van der Waals surface area contributed by atoms with Crippen molar-refractivity contribution in [2.24, 2.45) is 5.11 Å². The van der Waals surface area contributed by atoms with Crippen molar-refractivity contribution in [1.82, 2.24) is 10.0 Å². The van der Waals surface area contributed by atoms with Gasteiger partial charge in [0.1, 0.15) is 24.0 Å². The van der Waals surface area contributed by atoms with Gasteiger partial charge in [-0.2, -0.15) is 0 Å². The molecule has 0 radical (unpaired) electrons. The topological polar surface area (TPSA) is 141 Å². The Labute approximate surface area is 240 Å². The number of cyclic esters (lactones) is 1. The van der Waals surface area contributed by atoms with Crippen molar-refractivity contribution in [2.75, 3.05) is 49.1 Å². The van der Waals surface area contributed by atoms with Gasteiger partial charge in [0, 0.05) is 30.1 Å². The van der Waals surface area contributed by atoms with Crippen LogP contribution < -0.4 is 9.80 Å². The highest BCUT2D eigenvalue weighted by Gasteiger charge is 2.36. The molecule has 2 fully saturated rings. The lowest BCUT2D eigenvalue weighted by Gasteiger charge is -2.33. The lowest BCUT2D eigenvalue weighted by molar-refractivity contribution is -0.0421. The molecule has 2 aliphatic heterocycles. The number of ether oxygens (including phenoxy) is 3. The molecule has 0 bridgehead atoms. The molecule has 0 aliphatic carbocycles. The van der Waals surface area contributed by atoms with Crippen LogP contribution >= 0.6 is 0 Å². The summed E-state index contributed by atoms with van der Waals surface area (Å²) in [5.74, 6) is -1.92. The van der Waals surface area contributed by atoms with Crippen LogP contribution in [0.2, 0.25) is 0 Å². The number of hydrogen-bond donors (Lipinski definition) is 0. The Balaban J connectivity index is 1.53. The van der Waals surface area contributed by atoms with Crippen molar-refractivity contribution < 1.29 is 37.4 Å². The Kier molecular flexibility index (Phi) is 9.21. The fraction of sp³-hybridized carbons (Fsp3) is 0.444. The van der Waals surface area contributed by atoms with Gasteiger partial charge in [-0.3, -0.25) is 4.90 Å². The van der Waals surface area contributed by atoms with E-state index in [1.54, 1.807) is 45.0 Å². The second kappa shape index (κ2) is 12.8. The third kappa shape index (κ3) is 7.29. The van der Waals surface area contributed by atoms with Gasteiger partial charge >= 0.3 is 18.3 Å². The van der Waals surface area contributed by atoms with Crippen molar-refractivity contribution in [2.45, 2.75) is 39.1 Å². The summed E-state index contributed by atoms with van der Waals surface area (Å²) in [6, 6.07) is 11.0. The Morgan fingerprint density at radius 1 is 1.05 bits per heavy atom. The number of carbonyl (C=O) groups excluding carboxylic acids is 3. The summed E-state index contributed by atoms with van der Waals surface area (Å²) >= 11 is 0. The number of carbonyl (C=O) groups is 3. The van der Waals surface area contributed by atoms with Crippen molar-refractivity contribution in [1.29, 1.82) is 0 Å². The molecule has 2 aromatic carbocycles. The molecule has 0 N–H and O–H groups in total. The van der Waals surface area contributed by atoms with E-state index in [9.17, 15) is 14.4 Å². The summed E-state index contributed by atoms with van der Waals surface area (Å²) in [7, 11) is 0. The maximum atomic E-state index is 15.4. The van der Waals surface area contributed by atoms with Gasteiger partial charge in [0.25, 0.3) is 0 Å². The fourth-order valence-electron chi connectivity index (χ4n) is 4.46. The number of halogens is 2. The van der Waals surface area contributed by atoms with E-state index < -0.39 is 41.6 Å². The second-order valence-corrected chi connectivity index (χ2v) is 10.5. The maximum absolute atomic E-state index is 15.4. The molecule has 0 saturated carbocycles. The SMILES string of the molecule is CC(C)(C)OC(=O)N1CCN(c2c(F)cc(N3C[C@H](CN=[N+]=[N-])OC3=O)cc2F)CCN1C(=O)OCc1ccccc1. The molecule has 224 valence electrons. The highest BCUT2D eigenvalue weighted by atomic mass is 19.1. The molecule has 0 unspecified atom stereocenters. The molecule has 2 aliphatic rings. The molecule has 2 aromatic rings. The molecule has 4 rings (SSSR count). The molecule has 2 heterocycles. The zero-order valence-corrected chi connectivity index (χ0v) is 23.4. The normalized spacial score (nSPS) is 17.4. The number of amides is 3. The van der Waals surface area contributed by atoms with Crippen LogP contribution in [0.1, 0.15) is 26.3 Å². The van der Waals surface area contributed by atoms with Crippen LogP contribution in [0.3, 0.4) is 0 Å². The highest BCUT2D eigenvalue weighted by Crippen LogP contribution is 2.32.